The monoisotopic (exact) mass is 368 g/mol. The molecule has 1 aromatic heterocycles. The first-order chi connectivity index (χ1) is 13.1. The van der Waals surface area contributed by atoms with Gasteiger partial charge in [-0.15, -0.1) is 0 Å². The number of hydrogen-bond acceptors (Lipinski definition) is 6. The standard InChI is InChI=1S/C20H24N4O3/c1-3-23-10-12-24(13-11-23)18-14-16(8-9-21-18)19(25)22-17-6-4-15(5-7-17)20(26)27-2/h4-9,14H,3,10-13H2,1-2H3,(H,22,25). The van der Waals surface area contributed by atoms with Gasteiger partial charge < -0.3 is 19.9 Å². The van der Waals surface area contributed by atoms with Crippen LogP contribution in [0.1, 0.15) is 27.6 Å². The molecule has 2 heterocycles. The van der Waals surface area contributed by atoms with Gasteiger partial charge in [0.1, 0.15) is 5.82 Å². The summed E-state index contributed by atoms with van der Waals surface area (Å²) in [5.74, 6) is 0.200. The van der Waals surface area contributed by atoms with E-state index in [1.54, 1.807) is 36.5 Å². The second-order valence-electron chi connectivity index (χ2n) is 6.35. The number of likely N-dealkylation sites (N-methyl/N-ethyl adjacent to an activating group) is 1. The largest absolute Gasteiger partial charge is 0.465 e. The van der Waals surface area contributed by atoms with Gasteiger partial charge in [-0.25, -0.2) is 9.78 Å². The van der Waals surface area contributed by atoms with Crippen LogP contribution in [0.2, 0.25) is 0 Å². The molecule has 0 aliphatic carbocycles. The number of pyridine rings is 1. The number of ether oxygens (including phenoxy) is 1. The second kappa shape index (κ2) is 8.64. The smallest absolute Gasteiger partial charge is 0.337 e. The number of carbonyl (C=O) groups is 2. The molecule has 2 aromatic rings. The van der Waals surface area contributed by atoms with Crippen LogP contribution in [0.25, 0.3) is 0 Å². The minimum atomic E-state index is -0.408. The molecule has 3 rings (SSSR count). The molecule has 7 heteroatoms. The first-order valence-corrected chi connectivity index (χ1v) is 9.04. The van der Waals surface area contributed by atoms with E-state index in [1.165, 1.54) is 7.11 Å². The van der Waals surface area contributed by atoms with Gasteiger partial charge in [-0.05, 0) is 42.9 Å². The highest BCUT2D eigenvalue weighted by Gasteiger charge is 2.18. The molecule has 142 valence electrons. The number of benzene rings is 1. The molecule has 1 saturated heterocycles. The highest BCUT2D eigenvalue weighted by Crippen LogP contribution is 2.17. The maximum Gasteiger partial charge on any atom is 0.337 e. The Morgan fingerprint density at radius 2 is 1.78 bits per heavy atom. The van der Waals surface area contributed by atoms with Crippen LogP contribution in [0.4, 0.5) is 11.5 Å². The number of aromatic nitrogens is 1. The van der Waals surface area contributed by atoms with E-state index in [1.807, 2.05) is 6.07 Å². The lowest BCUT2D eigenvalue weighted by Crippen LogP contribution is -2.46. The zero-order valence-corrected chi connectivity index (χ0v) is 15.6. The van der Waals surface area contributed by atoms with E-state index in [0.29, 0.717) is 16.8 Å². The lowest BCUT2D eigenvalue weighted by atomic mass is 10.2. The first kappa shape index (κ1) is 18.8. The number of hydrogen-bond donors (Lipinski definition) is 1. The van der Waals surface area contributed by atoms with Crippen LogP contribution in [0.3, 0.4) is 0 Å². The third kappa shape index (κ3) is 4.62. The number of carbonyl (C=O) groups excluding carboxylic acids is 2. The minimum Gasteiger partial charge on any atom is -0.465 e. The van der Waals surface area contributed by atoms with Gasteiger partial charge in [-0.1, -0.05) is 6.92 Å². The van der Waals surface area contributed by atoms with Crippen molar-refractivity contribution in [3.05, 3.63) is 53.7 Å². The Kier molecular flexibility index (Phi) is 6.03. The molecule has 1 N–H and O–H groups in total. The van der Waals surface area contributed by atoms with Gasteiger partial charge in [0, 0.05) is 43.6 Å². The average Bonchev–Trinajstić information content (AvgIpc) is 2.74. The van der Waals surface area contributed by atoms with Crippen molar-refractivity contribution in [2.24, 2.45) is 0 Å². The summed E-state index contributed by atoms with van der Waals surface area (Å²) >= 11 is 0. The number of amides is 1. The van der Waals surface area contributed by atoms with Crippen molar-refractivity contribution in [2.45, 2.75) is 6.92 Å². The van der Waals surface area contributed by atoms with Gasteiger partial charge in [-0.3, -0.25) is 4.79 Å². The Morgan fingerprint density at radius 3 is 2.41 bits per heavy atom. The fourth-order valence-corrected chi connectivity index (χ4v) is 3.04. The zero-order valence-electron chi connectivity index (χ0n) is 15.6. The SMILES string of the molecule is CCN1CCN(c2cc(C(=O)Nc3ccc(C(=O)OC)cc3)ccn2)CC1. The summed E-state index contributed by atoms with van der Waals surface area (Å²) in [5, 5.41) is 2.84. The number of methoxy groups -OCH3 is 1. The number of piperazine rings is 1. The fraction of sp³-hybridized carbons (Fsp3) is 0.350. The van der Waals surface area contributed by atoms with Crippen molar-refractivity contribution in [2.75, 3.05) is 50.1 Å². The van der Waals surface area contributed by atoms with Crippen molar-refractivity contribution in [1.82, 2.24) is 9.88 Å². The summed E-state index contributed by atoms with van der Waals surface area (Å²) in [7, 11) is 1.33. The summed E-state index contributed by atoms with van der Waals surface area (Å²) in [5.41, 5.74) is 1.60. The van der Waals surface area contributed by atoms with E-state index in [0.717, 1.165) is 38.5 Å². The number of nitrogens with zero attached hydrogens (tertiary/aromatic N) is 3. The lowest BCUT2D eigenvalue weighted by Gasteiger charge is -2.34. The molecule has 0 saturated carbocycles. The number of esters is 1. The Balaban J connectivity index is 1.66. The van der Waals surface area contributed by atoms with Gasteiger partial charge in [0.05, 0.1) is 12.7 Å². The molecule has 7 nitrogen and oxygen atoms in total. The molecule has 1 aliphatic heterocycles. The van der Waals surface area contributed by atoms with Crippen LogP contribution in [-0.2, 0) is 4.74 Å². The van der Waals surface area contributed by atoms with Crippen molar-refractivity contribution in [3.63, 3.8) is 0 Å². The maximum absolute atomic E-state index is 12.6. The predicted octanol–water partition coefficient (Wildman–Crippen LogP) is 2.26. The molecule has 1 fully saturated rings. The molecular weight excluding hydrogens is 344 g/mol. The van der Waals surface area contributed by atoms with Crippen molar-refractivity contribution in [1.29, 1.82) is 0 Å². The van der Waals surface area contributed by atoms with Crippen LogP contribution in [0, 0.1) is 0 Å². The molecular formula is C20H24N4O3. The minimum absolute atomic E-state index is 0.211. The average molecular weight is 368 g/mol. The van der Waals surface area contributed by atoms with E-state index in [2.05, 4.69) is 31.8 Å². The second-order valence-corrected chi connectivity index (χ2v) is 6.35. The van der Waals surface area contributed by atoms with Gasteiger partial charge >= 0.3 is 5.97 Å². The summed E-state index contributed by atoms with van der Waals surface area (Å²) in [6.45, 7) is 7.03. The molecule has 0 bridgehead atoms. The molecule has 27 heavy (non-hydrogen) atoms. The van der Waals surface area contributed by atoms with Crippen molar-refractivity contribution in [3.8, 4) is 0 Å². The molecule has 0 atom stereocenters. The summed E-state index contributed by atoms with van der Waals surface area (Å²) in [4.78, 5) is 33.1. The molecule has 0 radical (unpaired) electrons. The molecule has 0 unspecified atom stereocenters. The summed E-state index contributed by atoms with van der Waals surface area (Å²) in [6, 6.07) is 10.1. The molecule has 1 aromatic carbocycles. The van der Waals surface area contributed by atoms with E-state index < -0.39 is 5.97 Å². The number of rotatable bonds is 5. The van der Waals surface area contributed by atoms with E-state index in [9.17, 15) is 9.59 Å². The topological polar surface area (TPSA) is 74.8 Å². The Bertz CT molecular complexity index is 799. The molecule has 0 spiro atoms. The van der Waals surface area contributed by atoms with Crippen molar-refractivity contribution >= 4 is 23.4 Å². The van der Waals surface area contributed by atoms with Crippen LogP contribution in [0.15, 0.2) is 42.6 Å². The van der Waals surface area contributed by atoms with E-state index in [4.69, 9.17) is 0 Å². The lowest BCUT2D eigenvalue weighted by molar-refractivity contribution is 0.0600. The van der Waals surface area contributed by atoms with E-state index in [-0.39, 0.29) is 5.91 Å². The summed E-state index contributed by atoms with van der Waals surface area (Å²) in [6.07, 6.45) is 1.66. The van der Waals surface area contributed by atoms with Crippen LogP contribution in [0.5, 0.6) is 0 Å². The fourth-order valence-electron chi connectivity index (χ4n) is 3.04. The van der Waals surface area contributed by atoms with Crippen LogP contribution < -0.4 is 10.2 Å². The maximum atomic E-state index is 12.6. The number of anilines is 2. The van der Waals surface area contributed by atoms with Gasteiger partial charge in [0.15, 0.2) is 0 Å². The van der Waals surface area contributed by atoms with Crippen LogP contribution >= 0.6 is 0 Å². The third-order valence-corrected chi connectivity index (χ3v) is 4.72. The van der Waals surface area contributed by atoms with Crippen molar-refractivity contribution < 1.29 is 14.3 Å². The first-order valence-electron chi connectivity index (χ1n) is 9.04. The number of nitrogens with one attached hydrogen (secondary N) is 1. The summed E-state index contributed by atoms with van der Waals surface area (Å²) < 4.78 is 4.67. The molecule has 1 amide bonds. The zero-order chi connectivity index (χ0) is 19.2. The van der Waals surface area contributed by atoms with E-state index >= 15 is 0 Å². The highest BCUT2D eigenvalue weighted by atomic mass is 16.5. The quantitative estimate of drug-likeness (QED) is 0.816. The van der Waals surface area contributed by atoms with Crippen LogP contribution in [-0.4, -0.2) is 61.6 Å². The highest BCUT2D eigenvalue weighted by molar-refractivity contribution is 6.04. The van der Waals surface area contributed by atoms with Gasteiger partial charge in [0.2, 0.25) is 0 Å². The van der Waals surface area contributed by atoms with Gasteiger partial charge in [-0.2, -0.15) is 0 Å². The normalized spacial score (nSPS) is 14.7. The predicted molar refractivity (Wildman–Crippen MR) is 104 cm³/mol. The van der Waals surface area contributed by atoms with Gasteiger partial charge in [0.25, 0.3) is 5.91 Å². The Hall–Kier alpha value is -2.93. The molecule has 1 aliphatic rings. The Morgan fingerprint density at radius 1 is 1.07 bits per heavy atom. The third-order valence-electron chi connectivity index (χ3n) is 4.72. The Labute approximate surface area is 158 Å².